The van der Waals surface area contributed by atoms with Crippen molar-refractivity contribution >= 4 is 11.8 Å². The van der Waals surface area contributed by atoms with Crippen LogP contribution in [-0.2, 0) is 14.3 Å². The van der Waals surface area contributed by atoms with Crippen LogP contribution in [0.1, 0.15) is 65.7 Å². The average molecular weight is 338 g/mol. The fourth-order valence-corrected chi connectivity index (χ4v) is 3.92. The second-order valence-electron chi connectivity index (χ2n) is 7.75. The van der Waals surface area contributed by atoms with Gasteiger partial charge in [-0.25, -0.2) is 0 Å². The molecular weight excluding hydrogens is 304 g/mol. The van der Waals surface area contributed by atoms with E-state index in [1.54, 1.807) is 0 Å². The third-order valence-electron chi connectivity index (χ3n) is 5.38. The van der Waals surface area contributed by atoms with Gasteiger partial charge in [-0.1, -0.05) is 26.2 Å². The van der Waals surface area contributed by atoms with Crippen molar-refractivity contribution in [1.82, 2.24) is 10.2 Å². The summed E-state index contributed by atoms with van der Waals surface area (Å²) in [7, 11) is 0. The molecular formula is C19H34N2O3. The molecule has 2 aliphatic rings. The third kappa shape index (κ3) is 5.76. The van der Waals surface area contributed by atoms with Crippen LogP contribution in [-0.4, -0.2) is 48.6 Å². The average Bonchev–Trinajstić information content (AvgIpc) is 2.57. The lowest BCUT2D eigenvalue weighted by Gasteiger charge is -2.35. The number of amides is 2. The van der Waals surface area contributed by atoms with E-state index in [2.05, 4.69) is 12.2 Å². The Labute approximate surface area is 146 Å². The van der Waals surface area contributed by atoms with Gasteiger partial charge >= 0.3 is 0 Å². The minimum atomic E-state index is -0.573. The molecule has 5 heteroatoms. The lowest BCUT2D eigenvalue weighted by molar-refractivity contribution is -0.142. The summed E-state index contributed by atoms with van der Waals surface area (Å²) in [5, 5.41) is 2.82. The minimum Gasteiger partial charge on any atom is -0.376 e. The first kappa shape index (κ1) is 19.2. The number of hydrogen-bond acceptors (Lipinski definition) is 3. The fraction of sp³-hybridized carbons (Fsp3) is 0.895. The van der Waals surface area contributed by atoms with Crippen LogP contribution in [0.5, 0.6) is 0 Å². The molecule has 5 nitrogen and oxygen atoms in total. The van der Waals surface area contributed by atoms with Crippen LogP contribution in [0.15, 0.2) is 0 Å². The number of carbonyl (C=O) groups excluding carboxylic acids is 2. The van der Waals surface area contributed by atoms with E-state index in [1.807, 2.05) is 11.8 Å². The van der Waals surface area contributed by atoms with Gasteiger partial charge in [-0.3, -0.25) is 9.59 Å². The smallest absolute Gasteiger partial charge is 0.247 e. The summed E-state index contributed by atoms with van der Waals surface area (Å²) in [6, 6.07) is -0.573. The molecule has 2 rings (SSSR count). The highest BCUT2D eigenvalue weighted by atomic mass is 16.5. The number of rotatable bonds is 6. The molecule has 0 spiro atoms. The zero-order chi connectivity index (χ0) is 17.5. The number of likely N-dealkylation sites (tertiary alicyclic amines) is 1. The summed E-state index contributed by atoms with van der Waals surface area (Å²) in [5.74, 6) is 0.961. The van der Waals surface area contributed by atoms with Crippen LogP contribution in [0.2, 0.25) is 0 Å². The van der Waals surface area contributed by atoms with E-state index in [-0.39, 0.29) is 17.9 Å². The van der Waals surface area contributed by atoms with Crippen molar-refractivity contribution in [1.29, 1.82) is 0 Å². The van der Waals surface area contributed by atoms with Gasteiger partial charge < -0.3 is 15.0 Å². The lowest BCUT2D eigenvalue weighted by atomic mass is 9.90. The predicted octanol–water partition coefficient (Wildman–Crippen LogP) is 2.74. The number of piperidine rings is 1. The predicted molar refractivity (Wildman–Crippen MR) is 94.6 cm³/mol. The SMILES string of the molecule is CC(=O)NC(C(=O)N1CCCC(C)C1)C(C)OCC1CCCCC1. The van der Waals surface area contributed by atoms with Gasteiger partial charge in [-0.05, 0) is 44.4 Å². The molecule has 0 aromatic carbocycles. The summed E-state index contributed by atoms with van der Waals surface area (Å²) in [6.45, 7) is 7.82. The quantitative estimate of drug-likeness (QED) is 0.810. The molecule has 2 amide bonds. The van der Waals surface area contributed by atoms with Crippen molar-refractivity contribution in [3.05, 3.63) is 0 Å². The molecule has 2 fully saturated rings. The standard InChI is InChI=1S/C19H34N2O3/c1-14-8-7-11-21(12-14)19(23)18(20-16(3)22)15(2)24-13-17-9-5-4-6-10-17/h14-15,17-18H,4-13H2,1-3H3,(H,20,22). The number of nitrogens with zero attached hydrogens (tertiary/aromatic N) is 1. The Balaban J connectivity index is 1.92. The molecule has 1 aliphatic carbocycles. The van der Waals surface area contributed by atoms with Crippen molar-refractivity contribution in [3.63, 3.8) is 0 Å². The van der Waals surface area contributed by atoms with E-state index < -0.39 is 6.04 Å². The first-order valence-electron chi connectivity index (χ1n) is 9.65. The third-order valence-corrected chi connectivity index (χ3v) is 5.38. The van der Waals surface area contributed by atoms with Gasteiger partial charge in [-0.15, -0.1) is 0 Å². The van der Waals surface area contributed by atoms with Gasteiger partial charge in [0, 0.05) is 26.6 Å². The molecule has 0 aromatic rings. The summed E-state index contributed by atoms with van der Waals surface area (Å²) in [6.07, 6.45) is 8.24. The summed E-state index contributed by atoms with van der Waals surface area (Å²) >= 11 is 0. The second-order valence-corrected chi connectivity index (χ2v) is 7.75. The maximum atomic E-state index is 12.9. The highest BCUT2D eigenvalue weighted by molar-refractivity contribution is 5.87. The molecule has 3 atom stereocenters. The topological polar surface area (TPSA) is 58.6 Å². The molecule has 0 radical (unpaired) electrons. The molecule has 3 unspecified atom stereocenters. The molecule has 1 aliphatic heterocycles. The zero-order valence-corrected chi connectivity index (χ0v) is 15.6. The highest BCUT2D eigenvalue weighted by Crippen LogP contribution is 2.24. The molecule has 24 heavy (non-hydrogen) atoms. The summed E-state index contributed by atoms with van der Waals surface area (Å²) in [4.78, 5) is 26.4. The lowest BCUT2D eigenvalue weighted by Crippen LogP contribution is -2.55. The van der Waals surface area contributed by atoms with Crippen LogP contribution in [0.3, 0.4) is 0 Å². The van der Waals surface area contributed by atoms with Crippen molar-refractivity contribution in [2.75, 3.05) is 19.7 Å². The molecule has 1 heterocycles. The Kier molecular flexibility index (Phi) is 7.53. The van der Waals surface area contributed by atoms with E-state index in [4.69, 9.17) is 4.74 Å². The maximum absolute atomic E-state index is 12.9. The fourth-order valence-electron chi connectivity index (χ4n) is 3.92. The molecule has 138 valence electrons. The Morgan fingerprint density at radius 1 is 1.17 bits per heavy atom. The van der Waals surface area contributed by atoms with Gasteiger partial charge in [0.25, 0.3) is 0 Å². The molecule has 0 bridgehead atoms. The van der Waals surface area contributed by atoms with Crippen LogP contribution < -0.4 is 5.32 Å². The second kappa shape index (κ2) is 9.40. The first-order chi connectivity index (χ1) is 11.5. The van der Waals surface area contributed by atoms with Crippen molar-refractivity contribution in [2.45, 2.75) is 77.9 Å². The van der Waals surface area contributed by atoms with E-state index >= 15 is 0 Å². The summed E-state index contributed by atoms with van der Waals surface area (Å²) < 4.78 is 6.02. The van der Waals surface area contributed by atoms with Gasteiger partial charge in [0.1, 0.15) is 6.04 Å². The monoisotopic (exact) mass is 338 g/mol. The minimum absolute atomic E-state index is 0.00731. The van der Waals surface area contributed by atoms with E-state index in [1.165, 1.54) is 45.4 Å². The van der Waals surface area contributed by atoms with Crippen LogP contribution >= 0.6 is 0 Å². The van der Waals surface area contributed by atoms with Crippen molar-refractivity contribution < 1.29 is 14.3 Å². The molecule has 0 aromatic heterocycles. The normalized spacial score (nSPS) is 25.1. The Morgan fingerprint density at radius 2 is 1.88 bits per heavy atom. The van der Waals surface area contributed by atoms with Gasteiger partial charge in [0.2, 0.25) is 11.8 Å². The van der Waals surface area contributed by atoms with E-state index in [0.29, 0.717) is 18.4 Å². The number of hydrogen-bond donors (Lipinski definition) is 1. The van der Waals surface area contributed by atoms with Gasteiger partial charge in [0.15, 0.2) is 0 Å². The Bertz CT molecular complexity index is 421. The van der Waals surface area contributed by atoms with E-state index in [9.17, 15) is 9.59 Å². The van der Waals surface area contributed by atoms with Crippen LogP contribution in [0.25, 0.3) is 0 Å². The number of nitrogens with one attached hydrogen (secondary N) is 1. The van der Waals surface area contributed by atoms with Crippen molar-refractivity contribution in [3.8, 4) is 0 Å². The zero-order valence-electron chi connectivity index (χ0n) is 15.6. The number of carbonyl (C=O) groups is 2. The molecule has 1 saturated heterocycles. The number of ether oxygens (including phenoxy) is 1. The Hall–Kier alpha value is -1.10. The van der Waals surface area contributed by atoms with Gasteiger partial charge in [-0.2, -0.15) is 0 Å². The van der Waals surface area contributed by atoms with Gasteiger partial charge in [0.05, 0.1) is 6.10 Å². The largest absolute Gasteiger partial charge is 0.376 e. The molecule has 1 N–H and O–H groups in total. The van der Waals surface area contributed by atoms with E-state index in [0.717, 1.165) is 19.5 Å². The Morgan fingerprint density at radius 3 is 2.50 bits per heavy atom. The van der Waals surface area contributed by atoms with Crippen LogP contribution in [0.4, 0.5) is 0 Å². The van der Waals surface area contributed by atoms with Crippen LogP contribution in [0, 0.1) is 11.8 Å². The summed E-state index contributed by atoms with van der Waals surface area (Å²) in [5.41, 5.74) is 0. The highest BCUT2D eigenvalue weighted by Gasteiger charge is 2.33. The first-order valence-corrected chi connectivity index (χ1v) is 9.65. The maximum Gasteiger partial charge on any atom is 0.247 e. The van der Waals surface area contributed by atoms with Crippen molar-refractivity contribution in [2.24, 2.45) is 11.8 Å². The molecule has 1 saturated carbocycles.